The van der Waals surface area contributed by atoms with Crippen LogP contribution in [0.3, 0.4) is 0 Å². The van der Waals surface area contributed by atoms with Crippen molar-refractivity contribution in [3.05, 3.63) is 77.1 Å². The van der Waals surface area contributed by atoms with E-state index in [1.807, 2.05) is 59.1 Å². The van der Waals surface area contributed by atoms with Gasteiger partial charge in [0.2, 0.25) is 0 Å². The molecular formula is C24H31FOS. The minimum Gasteiger partial charge on any atom is -0.303 e. The summed E-state index contributed by atoms with van der Waals surface area (Å²) in [6.07, 6.45) is 7.14. The van der Waals surface area contributed by atoms with Gasteiger partial charge in [0.15, 0.2) is 0 Å². The van der Waals surface area contributed by atoms with Gasteiger partial charge in [-0.15, -0.1) is 11.8 Å². The highest BCUT2D eigenvalue weighted by atomic mass is 32.2. The molecule has 1 nitrogen and oxygen atoms in total. The number of thioether (sulfide) groups is 1. The van der Waals surface area contributed by atoms with Crippen molar-refractivity contribution in [1.29, 1.82) is 0 Å². The number of hydrogen-bond acceptors (Lipinski definition) is 2. The van der Waals surface area contributed by atoms with Crippen LogP contribution in [0.4, 0.5) is 4.39 Å². The number of carbonyl (C=O) groups excluding carboxylic acids is 1. The molecule has 146 valence electrons. The molecule has 0 atom stereocenters. The van der Waals surface area contributed by atoms with E-state index >= 15 is 0 Å². The van der Waals surface area contributed by atoms with Gasteiger partial charge in [-0.2, -0.15) is 0 Å². The third kappa shape index (κ3) is 8.87. The summed E-state index contributed by atoms with van der Waals surface area (Å²) < 4.78 is 13.4. The van der Waals surface area contributed by atoms with Crippen LogP contribution in [0.2, 0.25) is 0 Å². The quantitative estimate of drug-likeness (QED) is 0.288. The van der Waals surface area contributed by atoms with Gasteiger partial charge in [-0.25, -0.2) is 4.39 Å². The summed E-state index contributed by atoms with van der Waals surface area (Å²) in [5.41, 5.74) is 3.64. The minimum atomic E-state index is -0.296. The molecule has 0 aliphatic heterocycles. The van der Waals surface area contributed by atoms with E-state index < -0.39 is 0 Å². The first-order valence-corrected chi connectivity index (χ1v) is 10.6. The number of benzene rings is 2. The van der Waals surface area contributed by atoms with Crippen LogP contribution in [0.5, 0.6) is 0 Å². The standard InChI is InChI=1S/C20H19FOS.2C2H6/c1-15(6-7-16-8-10-19(23-2)11-9-16)20(12-13-22)17-4-3-5-18(21)14-17;2*1-2/h3-11,13-14H,12H2,1-2H3;2*1-2H3/b7-6-,20-15-;;. The zero-order chi connectivity index (χ0) is 20.7. The highest BCUT2D eigenvalue weighted by molar-refractivity contribution is 7.98. The molecule has 0 fully saturated rings. The van der Waals surface area contributed by atoms with Gasteiger partial charge in [-0.3, -0.25) is 0 Å². The van der Waals surface area contributed by atoms with Crippen LogP contribution in [0, 0.1) is 5.82 Å². The molecule has 0 amide bonds. The Bertz CT molecular complexity index is 730. The van der Waals surface area contributed by atoms with Gasteiger partial charge in [0.25, 0.3) is 0 Å². The Labute approximate surface area is 168 Å². The number of aldehydes is 1. The molecule has 0 unspecified atom stereocenters. The zero-order valence-electron chi connectivity index (χ0n) is 17.3. The highest BCUT2D eigenvalue weighted by Crippen LogP contribution is 2.24. The lowest BCUT2D eigenvalue weighted by Gasteiger charge is -2.08. The van der Waals surface area contributed by atoms with Gasteiger partial charge in [-0.05, 0) is 59.7 Å². The molecule has 27 heavy (non-hydrogen) atoms. The predicted molar refractivity (Wildman–Crippen MR) is 120 cm³/mol. The number of rotatable bonds is 6. The van der Waals surface area contributed by atoms with Crippen molar-refractivity contribution >= 4 is 29.7 Å². The maximum Gasteiger partial charge on any atom is 0.124 e. The van der Waals surface area contributed by atoms with E-state index in [0.29, 0.717) is 0 Å². The molecule has 0 spiro atoms. The maximum atomic E-state index is 13.4. The average molecular weight is 387 g/mol. The smallest absolute Gasteiger partial charge is 0.124 e. The summed E-state index contributed by atoms with van der Waals surface area (Å²) >= 11 is 1.70. The van der Waals surface area contributed by atoms with Crippen LogP contribution in [0.1, 0.15) is 52.2 Å². The van der Waals surface area contributed by atoms with Gasteiger partial charge in [0.1, 0.15) is 12.1 Å². The number of hydrogen-bond donors (Lipinski definition) is 0. The van der Waals surface area contributed by atoms with Crippen LogP contribution in [0.15, 0.2) is 65.1 Å². The minimum absolute atomic E-state index is 0.269. The molecule has 0 N–H and O–H groups in total. The van der Waals surface area contributed by atoms with E-state index in [1.54, 1.807) is 17.8 Å². The summed E-state index contributed by atoms with van der Waals surface area (Å²) in [4.78, 5) is 12.2. The summed E-state index contributed by atoms with van der Waals surface area (Å²) in [6, 6.07) is 14.6. The van der Waals surface area contributed by atoms with Gasteiger partial charge >= 0.3 is 0 Å². The second kappa shape index (κ2) is 15.0. The van der Waals surface area contributed by atoms with Crippen molar-refractivity contribution in [2.45, 2.75) is 45.9 Å². The van der Waals surface area contributed by atoms with Crippen molar-refractivity contribution in [2.24, 2.45) is 0 Å². The first kappa shape index (κ1) is 24.9. The topological polar surface area (TPSA) is 17.1 Å². The second-order valence-electron chi connectivity index (χ2n) is 5.15. The Balaban J connectivity index is 0.00000158. The van der Waals surface area contributed by atoms with Crippen molar-refractivity contribution < 1.29 is 9.18 Å². The Morgan fingerprint density at radius 1 is 1.04 bits per heavy atom. The molecular weight excluding hydrogens is 355 g/mol. The first-order chi connectivity index (χ1) is 13.1. The Morgan fingerprint density at radius 2 is 1.67 bits per heavy atom. The van der Waals surface area contributed by atoms with Crippen LogP contribution >= 0.6 is 11.8 Å². The van der Waals surface area contributed by atoms with Gasteiger partial charge in [0.05, 0.1) is 0 Å². The molecule has 0 bridgehead atoms. The normalized spacial score (nSPS) is 10.9. The fourth-order valence-electron chi connectivity index (χ4n) is 2.30. The fourth-order valence-corrected chi connectivity index (χ4v) is 2.71. The van der Waals surface area contributed by atoms with E-state index in [2.05, 4.69) is 24.3 Å². The molecule has 0 saturated carbocycles. The number of allylic oxidation sites excluding steroid dienone is 3. The van der Waals surface area contributed by atoms with E-state index in [0.717, 1.165) is 28.6 Å². The largest absolute Gasteiger partial charge is 0.303 e. The Morgan fingerprint density at radius 3 is 2.19 bits per heavy atom. The first-order valence-electron chi connectivity index (χ1n) is 9.35. The monoisotopic (exact) mass is 386 g/mol. The van der Waals surface area contributed by atoms with Gasteiger partial charge in [0, 0.05) is 11.3 Å². The average Bonchev–Trinajstić information content (AvgIpc) is 2.73. The van der Waals surface area contributed by atoms with E-state index in [9.17, 15) is 9.18 Å². The molecule has 2 aromatic carbocycles. The molecule has 0 aliphatic rings. The van der Waals surface area contributed by atoms with Gasteiger partial charge in [-0.1, -0.05) is 64.1 Å². The van der Waals surface area contributed by atoms with Crippen molar-refractivity contribution in [2.75, 3.05) is 6.26 Å². The fraction of sp³-hybridized carbons (Fsp3) is 0.292. The van der Waals surface area contributed by atoms with E-state index in [1.165, 1.54) is 17.0 Å². The molecule has 2 aromatic rings. The van der Waals surface area contributed by atoms with Crippen LogP contribution in [-0.2, 0) is 4.79 Å². The number of halogens is 1. The molecule has 0 radical (unpaired) electrons. The molecule has 0 aromatic heterocycles. The summed E-state index contributed by atoms with van der Waals surface area (Å²) in [5.74, 6) is -0.296. The molecule has 3 heteroatoms. The van der Waals surface area contributed by atoms with Crippen molar-refractivity contribution in [1.82, 2.24) is 0 Å². The summed E-state index contributed by atoms with van der Waals surface area (Å²) in [7, 11) is 0. The highest BCUT2D eigenvalue weighted by Gasteiger charge is 2.05. The molecule has 0 saturated heterocycles. The zero-order valence-corrected chi connectivity index (χ0v) is 18.1. The van der Waals surface area contributed by atoms with E-state index in [-0.39, 0.29) is 12.2 Å². The van der Waals surface area contributed by atoms with Crippen molar-refractivity contribution in [3.63, 3.8) is 0 Å². The van der Waals surface area contributed by atoms with Gasteiger partial charge < -0.3 is 4.79 Å². The van der Waals surface area contributed by atoms with E-state index in [4.69, 9.17) is 0 Å². The lowest BCUT2D eigenvalue weighted by Crippen LogP contribution is -1.91. The summed E-state index contributed by atoms with van der Waals surface area (Å²) in [6.45, 7) is 9.94. The second-order valence-corrected chi connectivity index (χ2v) is 6.03. The van der Waals surface area contributed by atoms with Crippen LogP contribution < -0.4 is 0 Å². The Hall–Kier alpha value is -2.13. The molecule has 2 rings (SSSR count). The SMILES string of the molecule is CC.CC.CSc1ccc(/C=C\C(C)=C(\CC=O)c2cccc(F)c2)cc1. The van der Waals surface area contributed by atoms with Crippen LogP contribution in [-0.4, -0.2) is 12.5 Å². The lowest BCUT2D eigenvalue weighted by molar-refractivity contribution is -0.107. The third-order valence-electron chi connectivity index (χ3n) is 3.58. The van der Waals surface area contributed by atoms with Crippen LogP contribution in [0.25, 0.3) is 11.6 Å². The maximum absolute atomic E-state index is 13.4. The lowest BCUT2D eigenvalue weighted by atomic mass is 9.97. The predicted octanol–water partition coefficient (Wildman–Crippen LogP) is 7.68. The molecule has 0 aliphatic carbocycles. The molecule has 0 heterocycles. The van der Waals surface area contributed by atoms with Crippen molar-refractivity contribution in [3.8, 4) is 0 Å². The third-order valence-corrected chi connectivity index (χ3v) is 4.32. The summed E-state index contributed by atoms with van der Waals surface area (Å²) in [5, 5.41) is 0. The Kier molecular flexibility index (Phi) is 13.8. The number of carbonyl (C=O) groups is 1.